The van der Waals surface area contributed by atoms with Crippen LogP contribution in [0.3, 0.4) is 0 Å². The molecule has 0 bridgehead atoms. The summed E-state index contributed by atoms with van der Waals surface area (Å²) in [4.78, 5) is 0. The first kappa shape index (κ1) is 16.2. The largest absolute Gasteiger partial charge is 0.497 e. The van der Waals surface area contributed by atoms with Gasteiger partial charge in [-0.15, -0.1) is 0 Å². The van der Waals surface area contributed by atoms with Crippen molar-refractivity contribution in [3.05, 3.63) is 64.9 Å². The van der Waals surface area contributed by atoms with Gasteiger partial charge < -0.3 is 4.74 Å². The molecular formula is C19H12BrFN2OS. The van der Waals surface area contributed by atoms with E-state index < -0.39 is 0 Å². The van der Waals surface area contributed by atoms with Crippen molar-refractivity contribution in [2.75, 3.05) is 7.11 Å². The van der Waals surface area contributed by atoms with E-state index in [0.29, 0.717) is 11.1 Å². The van der Waals surface area contributed by atoms with Crippen LogP contribution in [-0.4, -0.2) is 15.9 Å². The summed E-state index contributed by atoms with van der Waals surface area (Å²) in [6, 6.07) is 16.5. The molecule has 124 valence electrons. The molecule has 4 aromatic rings. The number of halogens is 2. The monoisotopic (exact) mass is 414 g/mol. The Kier molecular flexibility index (Phi) is 4.23. The highest BCUT2D eigenvalue weighted by Gasteiger charge is 2.14. The third kappa shape index (κ3) is 2.92. The quantitative estimate of drug-likeness (QED) is 0.416. The molecule has 0 aliphatic carbocycles. The van der Waals surface area contributed by atoms with E-state index in [4.69, 9.17) is 4.74 Å². The van der Waals surface area contributed by atoms with E-state index in [1.54, 1.807) is 19.2 Å². The van der Waals surface area contributed by atoms with Crippen LogP contribution in [0.15, 0.2) is 59.1 Å². The number of fused-ring (bicyclic) bond motifs is 1. The van der Waals surface area contributed by atoms with Crippen LogP contribution in [0.1, 0.15) is 0 Å². The van der Waals surface area contributed by atoms with Gasteiger partial charge in [-0.05, 0) is 51.3 Å². The second kappa shape index (κ2) is 6.54. The third-order valence-electron chi connectivity index (χ3n) is 4.05. The minimum absolute atomic E-state index is 0.287. The van der Waals surface area contributed by atoms with E-state index in [2.05, 4.69) is 24.7 Å². The van der Waals surface area contributed by atoms with Gasteiger partial charge in [0.15, 0.2) is 0 Å². The van der Waals surface area contributed by atoms with Gasteiger partial charge in [-0.1, -0.05) is 30.3 Å². The second-order valence-electron chi connectivity index (χ2n) is 5.48. The van der Waals surface area contributed by atoms with Crippen molar-refractivity contribution in [1.82, 2.24) is 8.75 Å². The molecular weight excluding hydrogens is 403 g/mol. The first-order chi connectivity index (χ1) is 12.2. The Morgan fingerprint density at radius 1 is 0.880 bits per heavy atom. The van der Waals surface area contributed by atoms with Crippen LogP contribution in [0.2, 0.25) is 0 Å². The number of nitrogens with zero attached hydrogens (tertiary/aromatic N) is 2. The average Bonchev–Trinajstić information content (AvgIpc) is 3.13. The molecule has 3 nitrogen and oxygen atoms in total. The van der Waals surface area contributed by atoms with E-state index in [1.165, 1.54) is 0 Å². The zero-order valence-corrected chi connectivity index (χ0v) is 15.6. The molecule has 0 spiro atoms. The summed E-state index contributed by atoms with van der Waals surface area (Å²) >= 11 is 4.58. The van der Waals surface area contributed by atoms with Crippen molar-refractivity contribution >= 4 is 38.7 Å². The highest BCUT2D eigenvalue weighted by Crippen LogP contribution is 2.35. The van der Waals surface area contributed by atoms with Gasteiger partial charge >= 0.3 is 0 Å². The number of ether oxygens (including phenoxy) is 1. The molecule has 0 atom stereocenters. The molecule has 1 aromatic heterocycles. The molecule has 0 radical (unpaired) electrons. The molecule has 0 fully saturated rings. The van der Waals surface area contributed by atoms with Crippen LogP contribution in [0.25, 0.3) is 33.3 Å². The Hall–Kier alpha value is -2.31. The zero-order chi connectivity index (χ0) is 17.4. The minimum atomic E-state index is -0.287. The third-order valence-corrected chi connectivity index (χ3v) is 5.22. The molecule has 0 N–H and O–H groups in total. The summed E-state index contributed by atoms with van der Waals surface area (Å²) in [5.41, 5.74) is 4.46. The van der Waals surface area contributed by atoms with Crippen LogP contribution in [0, 0.1) is 5.82 Å². The molecule has 0 aliphatic rings. The highest BCUT2D eigenvalue weighted by molar-refractivity contribution is 9.10. The highest BCUT2D eigenvalue weighted by atomic mass is 79.9. The molecule has 0 aliphatic heterocycles. The molecule has 4 rings (SSSR count). The van der Waals surface area contributed by atoms with Crippen molar-refractivity contribution in [2.45, 2.75) is 0 Å². The minimum Gasteiger partial charge on any atom is -0.497 e. The molecule has 0 amide bonds. The fourth-order valence-corrected chi connectivity index (χ4v) is 3.85. The summed E-state index contributed by atoms with van der Waals surface area (Å²) < 4.78 is 29.4. The van der Waals surface area contributed by atoms with Crippen LogP contribution >= 0.6 is 27.7 Å². The predicted octanol–water partition coefficient (Wildman–Crippen LogP) is 5.94. The van der Waals surface area contributed by atoms with Gasteiger partial charge in [0.1, 0.15) is 22.6 Å². The van der Waals surface area contributed by atoms with E-state index >= 15 is 0 Å². The Bertz CT molecular complexity index is 1060. The SMILES string of the molecule is COc1ccc(-c2ccc(-c3ccc(Br)c4nsnc34)c(F)c2)cc1. The Morgan fingerprint density at radius 3 is 2.28 bits per heavy atom. The number of hydrogen-bond donors (Lipinski definition) is 0. The second-order valence-corrected chi connectivity index (χ2v) is 6.86. The summed E-state index contributed by atoms with van der Waals surface area (Å²) in [7, 11) is 1.62. The lowest BCUT2D eigenvalue weighted by molar-refractivity contribution is 0.415. The normalized spacial score (nSPS) is 11.0. The lowest BCUT2D eigenvalue weighted by Crippen LogP contribution is -1.89. The van der Waals surface area contributed by atoms with Crippen molar-refractivity contribution in [2.24, 2.45) is 0 Å². The van der Waals surface area contributed by atoms with E-state index in [1.807, 2.05) is 42.5 Å². The lowest BCUT2D eigenvalue weighted by atomic mass is 9.99. The Morgan fingerprint density at radius 2 is 1.56 bits per heavy atom. The fourth-order valence-electron chi connectivity index (χ4n) is 2.75. The van der Waals surface area contributed by atoms with Gasteiger partial charge in [-0.25, -0.2) is 4.39 Å². The van der Waals surface area contributed by atoms with Crippen molar-refractivity contribution in [3.63, 3.8) is 0 Å². The molecule has 25 heavy (non-hydrogen) atoms. The summed E-state index contributed by atoms with van der Waals surface area (Å²) in [6.07, 6.45) is 0. The van der Waals surface area contributed by atoms with Gasteiger partial charge in [0, 0.05) is 15.6 Å². The molecule has 6 heteroatoms. The molecule has 0 saturated carbocycles. The molecule has 0 unspecified atom stereocenters. The fraction of sp³-hybridized carbons (Fsp3) is 0.0526. The first-order valence-electron chi connectivity index (χ1n) is 7.52. The van der Waals surface area contributed by atoms with Crippen LogP contribution in [0.5, 0.6) is 5.75 Å². The van der Waals surface area contributed by atoms with Crippen molar-refractivity contribution in [1.29, 1.82) is 0 Å². The Balaban J connectivity index is 1.79. The predicted molar refractivity (Wildman–Crippen MR) is 102 cm³/mol. The van der Waals surface area contributed by atoms with Gasteiger partial charge in [0.25, 0.3) is 0 Å². The summed E-state index contributed by atoms with van der Waals surface area (Å²) in [5.74, 6) is 0.485. The lowest BCUT2D eigenvalue weighted by Gasteiger charge is -2.08. The molecule has 3 aromatic carbocycles. The van der Waals surface area contributed by atoms with E-state index in [9.17, 15) is 4.39 Å². The molecule has 0 saturated heterocycles. The van der Waals surface area contributed by atoms with Crippen LogP contribution in [0.4, 0.5) is 4.39 Å². The van der Waals surface area contributed by atoms with Crippen LogP contribution < -0.4 is 4.74 Å². The number of methoxy groups -OCH3 is 1. The van der Waals surface area contributed by atoms with Crippen LogP contribution in [-0.2, 0) is 0 Å². The topological polar surface area (TPSA) is 35.0 Å². The van der Waals surface area contributed by atoms with Gasteiger partial charge in [0.2, 0.25) is 0 Å². The van der Waals surface area contributed by atoms with E-state index in [-0.39, 0.29) is 5.82 Å². The maximum Gasteiger partial charge on any atom is 0.131 e. The van der Waals surface area contributed by atoms with Crippen molar-refractivity contribution in [3.8, 4) is 28.0 Å². The van der Waals surface area contributed by atoms with E-state index in [0.717, 1.165) is 44.2 Å². The number of benzene rings is 3. The van der Waals surface area contributed by atoms with Gasteiger partial charge in [-0.2, -0.15) is 8.75 Å². The summed E-state index contributed by atoms with van der Waals surface area (Å²) in [5, 5.41) is 0. The number of hydrogen-bond acceptors (Lipinski definition) is 4. The first-order valence-corrected chi connectivity index (χ1v) is 9.05. The van der Waals surface area contributed by atoms with Crippen molar-refractivity contribution < 1.29 is 9.13 Å². The van der Waals surface area contributed by atoms with Gasteiger partial charge in [0.05, 0.1) is 18.8 Å². The number of aromatic nitrogens is 2. The number of rotatable bonds is 3. The van der Waals surface area contributed by atoms with Gasteiger partial charge in [-0.3, -0.25) is 0 Å². The maximum absolute atomic E-state index is 14.8. The smallest absolute Gasteiger partial charge is 0.131 e. The maximum atomic E-state index is 14.8. The molecule has 1 heterocycles. The standard InChI is InChI=1S/C19H12BrFN2OS/c1-24-13-5-2-11(3-6-13)12-4-7-14(17(21)10-12)15-8-9-16(20)19-18(15)22-25-23-19/h2-10H,1H3. The average molecular weight is 415 g/mol. The summed E-state index contributed by atoms with van der Waals surface area (Å²) in [6.45, 7) is 0. The Labute approximate surface area is 156 Å². The zero-order valence-electron chi connectivity index (χ0n) is 13.2.